The standard InChI is InChI=1S/C24H18F2N4O2S2/c1-29-20-4-2-14(8-15(20)10-24(29)31)22-6-7-23(33-22)16-9-18(13-27-12-16)28-34-30(32)21-5-3-17(25)11-19(21)26/h2-9,11-13,28,32H,10H2,1H3. The lowest BCUT2D eigenvalue weighted by molar-refractivity contribution is -0.117. The largest absolute Gasteiger partial charge is 0.315 e. The highest BCUT2D eigenvalue weighted by molar-refractivity contribution is 8.01. The van der Waals surface area contributed by atoms with Gasteiger partial charge in [0.25, 0.3) is 0 Å². The molecule has 0 fully saturated rings. The number of carbonyl (C=O) groups is 1. The zero-order chi connectivity index (χ0) is 23.8. The maximum Gasteiger partial charge on any atom is 0.231 e. The molecule has 34 heavy (non-hydrogen) atoms. The fourth-order valence-electron chi connectivity index (χ4n) is 3.68. The first-order chi connectivity index (χ1) is 16.4. The van der Waals surface area contributed by atoms with Gasteiger partial charge in [-0.1, -0.05) is 6.07 Å². The SMILES string of the molecule is CN1C(=O)Cc2cc(-c3ccc(-c4cncc(NSN(O)c5ccc(F)cc5F)c4)s3)ccc21. The molecule has 2 aromatic carbocycles. The highest BCUT2D eigenvalue weighted by Crippen LogP contribution is 2.38. The molecule has 0 unspecified atom stereocenters. The van der Waals surface area contributed by atoms with Crippen LogP contribution >= 0.6 is 23.5 Å². The van der Waals surface area contributed by atoms with E-state index < -0.39 is 11.6 Å². The highest BCUT2D eigenvalue weighted by atomic mass is 32.2. The number of fused-ring (bicyclic) bond motifs is 1. The average Bonchev–Trinajstić information content (AvgIpc) is 3.42. The normalized spacial score (nSPS) is 12.7. The van der Waals surface area contributed by atoms with Crippen LogP contribution in [0.1, 0.15) is 5.56 Å². The second-order valence-electron chi connectivity index (χ2n) is 7.66. The predicted octanol–water partition coefficient (Wildman–Crippen LogP) is 6.15. The Kier molecular flexibility index (Phi) is 5.94. The highest BCUT2D eigenvalue weighted by Gasteiger charge is 2.24. The number of nitrogens with zero attached hydrogens (tertiary/aromatic N) is 3. The Balaban J connectivity index is 1.31. The second-order valence-corrected chi connectivity index (χ2v) is 9.48. The molecule has 10 heteroatoms. The number of benzene rings is 2. The molecule has 1 aliphatic heterocycles. The van der Waals surface area contributed by atoms with Crippen molar-refractivity contribution in [2.24, 2.45) is 0 Å². The van der Waals surface area contributed by atoms with E-state index in [4.69, 9.17) is 0 Å². The number of likely N-dealkylation sites (N-methyl/N-ethyl adjacent to an activating group) is 1. The van der Waals surface area contributed by atoms with Crippen molar-refractivity contribution < 1.29 is 18.8 Å². The molecule has 0 atom stereocenters. The summed E-state index contributed by atoms with van der Waals surface area (Å²) in [4.78, 5) is 20.0. The third-order valence-corrected chi connectivity index (χ3v) is 7.32. The topological polar surface area (TPSA) is 68.7 Å². The fraction of sp³-hybridized carbons (Fsp3) is 0.0833. The Bertz CT molecular complexity index is 1400. The number of aromatic nitrogens is 1. The lowest BCUT2D eigenvalue weighted by atomic mass is 10.1. The van der Waals surface area contributed by atoms with Crippen molar-refractivity contribution in [3.05, 3.63) is 84.2 Å². The lowest BCUT2D eigenvalue weighted by Crippen LogP contribution is -2.20. The van der Waals surface area contributed by atoms with Gasteiger partial charge in [-0.3, -0.25) is 15.0 Å². The molecule has 0 aliphatic carbocycles. The number of hydrogen-bond acceptors (Lipinski definition) is 7. The summed E-state index contributed by atoms with van der Waals surface area (Å²) in [7, 11) is 1.79. The minimum Gasteiger partial charge on any atom is -0.315 e. The van der Waals surface area contributed by atoms with Crippen molar-refractivity contribution in [2.75, 3.05) is 21.1 Å². The van der Waals surface area contributed by atoms with E-state index in [1.807, 2.05) is 30.3 Å². The summed E-state index contributed by atoms with van der Waals surface area (Å²) < 4.78 is 30.4. The van der Waals surface area contributed by atoms with Crippen molar-refractivity contribution >= 4 is 46.4 Å². The van der Waals surface area contributed by atoms with E-state index in [2.05, 4.69) is 15.8 Å². The van der Waals surface area contributed by atoms with Crippen LogP contribution in [0.15, 0.2) is 67.0 Å². The van der Waals surface area contributed by atoms with Crippen LogP contribution in [-0.4, -0.2) is 23.1 Å². The number of carbonyl (C=O) groups excluding carboxylic acids is 1. The molecule has 0 spiro atoms. The third-order valence-electron chi connectivity index (χ3n) is 5.44. The van der Waals surface area contributed by atoms with E-state index >= 15 is 0 Å². The number of pyridine rings is 1. The van der Waals surface area contributed by atoms with Gasteiger partial charge in [-0.25, -0.2) is 8.78 Å². The zero-order valence-electron chi connectivity index (χ0n) is 17.8. The van der Waals surface area contributed by atoms with E-state index in [1.165, 1.54) is 0 Å². The first kappa shape index (κ1) is 22.3. The number of thiophene rings is 1. The molecule has 2 aromatic heterocycles. The van der Waals surface area contributed by atoms with Crippen LogP contribution in [0.3, 0.4) is 0 Å². The summed E-state index contributed by atoms with van der Waals surface area (Å²) in [5, 5.41) is 10.1. The molecule has 0 bridgehead atoms. The molecular weight excluding hydrogens is 478 g/mol. The summed E-state index contributed by atoms with van der Waals surface area (Å²) in [6, 6.07) is 14.9. The van der Waals surface area contributed by atoms with Crippen LogP contribution in [0.2, 0.25) is 0 Å². The van der Waals surface area contributed by atoms with Gasteiger partial charge in [0.05, 0.1) is 30.4 Å². The third kappa shape index (κ3) is 4.35. The maximum absolute atomic E-state index is 13.9. The summed E-state index contributed by atoms with van der Waals surface area (Å²) in [5.74, 6) is -1.51. The van der Waals surface area contributed by atoms with Crippen molar-refractivity contribution in [2.45, 2.75) is 6.42 Å². The quantitative estimate of drug-likeness (QED) is 0.247. The molecule has 5 rings (SSSR count). The fourth-order valence-corrected chi connectivity index (χ4v) is 5.22. The van der Waals surface area contributed by atoms with Crippen molar-refractivity contribution in [1.82, 2.24) is 4.98 Å². The number of halogens is 2. The van der Waals surface area contributed by atoms with Gasteiger partial charge >= 0.3 is 0 Å². The molecule has 6 nitrogen and oxygen atoms in total. The molecule has 3 heterocycles. The van der Waals surface area contributed by atoms with Crippen LogP contribution in [0.25, 0.3) is 20.9 Å². The molecular formula is C24H18F2N4O2S2. The molecule has 0 saturated carbocycles. The van der Waals surface area contributed by atoms with Crippen LogP contribution in [0.4, 0.5) is 25.8 Å². The number of amides is 1. The molecule has 4 aromatic rings. The number of rotatable bonds is 6. The molecule has 1 aliphatic rings. The van der Waals surface area contributed by atoms with Gasteiger partial charge in [0, 0.05) is 40.3 Å². The Morgan fingerprint density at radius 3 is 2.65 bits per heavy atom. The summed E-state index contributed by atoms with van der Waals surface area (Å²) in [6.07, 6.45) is 3.73. The number of hydrogen-bond donors (Lipinski definition) is 2. The summed E-state index contributed by atoms with van der Waals surface area (Å²) in [5.41, 5.74) is 4.32. The zero-order valence-corrected chi connectivity index (χ0v) is 19.5. The van der Waals surface area contributed by atoms with Crippen LogP contribution < -0.4 is 14.1 Å². The van der Waals surface area contributed by atoms with E-state index in [0.29, 0.717) is 22.6 Å². The minimum absolute atomic E-state index is 0.0934. The van der Waals surface area contributed by atoms with Crippen molar-refractivity contribution in [3.63, 3.8) is 0 Å². The second kappa shape index (κ2) is 9.05. The van der Waals surface area contributed by atoms with E-state index in [9.17, 15) is 18.8 Å². The average molecular weight is 497 g/mol. The van der Waals surface area contributed by atoms with Gasteiger partial charge in [0.2, 0.25) is 5.91 Å². The Morgan fingerprint density at radius 2 is 1.85 bits per heavy atom. The Labute approximate surface area is 202 Å². The van der Waals surface area contributed by atoms with E-state index in [1.54, 1.807) is 35.7 Å². The van der Waals surface area contributed by atoms with Gasteiger partial charge < -0.3 is 9.62 Å². The first-order valence-corrected chi connectivity index (χ1v) is 11.8. The Morgan fingerprint density at radius 1 is 1.06 bits per heavy atom. The smallest absolute Gasteiger partial charge is 0.231 e. The van der Waals surface area contributed by atoms with Gasteiger partial charge in [-0.2, -0.15) is 4.47 Å². The number of anilines is 3. The predicted molar refractivity (Wildman–Crippen MR) is 132 cm³/mol. The van der Waals surface area contributed by atoms with Gasteiger partial charge in [-0.05, 0) is 53.6 Å². The molecule has 172 valence electrons. The van der Waals surface area contributed by atoms with Gasteiger partial charge in [-0.15, -0.1) is 11.3 Å². The van der Waals surface area contributed by atoms with Crippen molar-refractivity contribution in [3.8, 4) is 20.9 Å². The van der Waals surface area contributed by atoms with Gasteiger partial charge in [0.1, 0.15) is 11.5 Å². The minimum atomic E-state index is -0.877. The van der Waals surface area contributed by atoms with E-state index in [-0.39, 0.29) is 11.6 Å². The molecule has 1 amide bonds. The van der Waals surface area contributed by atoms with E-state index in [0.717, 1.165) is 56.4 Å². The lowest BCUT2D eigenvalue weighted by Gasteiger charge is -2.16. The molecule has 0 radical (unpaired) electrons. The van der Waals surface area contributed by atoms with Crippen LogP contribution in [-0.2, 0) is 11.2 Å². The summed E-state index contributed by atoms with van der Waals surface area (Å²) in [6.45, 7) is 0. The van der Waals surface area contributed by atoms with Gasteiger partial charge in [0.15, 0.2) is 5.82 Å². The number of nitrogens with one attached hydrogen (secondary N) is 1. The van der Waals surface area contributed by atoms with Crippen LogP contribution in [0, 0.1) is 11.6 Å². The molecule has 0 saturated heterocycles. The maximum atomic E-state index is 13.9. The van der Waals surface area contributed by atoms with Crippen molar-refractivity contribution in [1.29, 1.82) is 0 Å². The monoisotopic (exact) mass is 496 g/mol. The molecule has 2 N–H and O–H groups in total. The summed E-state index contributed by atoms with van der Waals surface area (Å²) >= 11 is 2.33. The Hall–Kier alpha value is -3.47. The van der Waals surface area contributed by atoms with Crippen LogP contribution in [0.5, 0.6) is 0 Å². The first-order valence-electron chi connectivity index (χ1n) is 10.2.